The van der Waals surface area contributed by atoms with E-state index in [-0.39, 0.29) is 11.2 Å². The van der Waals surface area contributed by atoms with Gasteiger partial charge in [-0.25, -0.2) is 0 Å². The number of benzene rings is 2. The Morgan fingerprint density at radius 3 is 2.70 bits per heavy atom. The number of aryl methyl sites for hydroxylation is 1. The maximum absolute atomic E-state index is 11.9. The molecule has 1 fully saturated rings. The van der Waals surface area contributed by atoms with Crippen LogP contribution in [0.5, 0.6) is 5.75 Å². The Kier molecular flexibility index (Phi) is 4.85. The Morgan fingerprint density at radius 2 is 2.00 bits per heavy atom. The largest absolute Gasteiger partial charge is 0.497 e. The van der Waals surface area contributed by atoms with Crippen molar-refractivity contribution >= 4 is 17.7 Å². The van der Waals surface area contributed by atoms with Crippen LogP contribution in [0, 0.1) is 6.92 Å². The van der Waals surface area contributed by atoms with Gasteiger partial charge in [0.25, 0.3) is 0 Å². The number of esters is 1. The van der Waals surface area contributed by atoms with Gasteiger partial charge in [0.1, 0.15) is 11.0 Å². The van der Waals surface area contributed by atoms with E-state index in [0.29, 0.717) is 24.0 Å². The fourth-order valence-corrected chi connectivity index (χ4v) is 3.95. The summed E-state index contributed by atoms with van der Waals surface area (Å²) in [6, 6.07) is 15.8. The first kappa shape index (κ1) is 17.6. The van der Waals surface area contributed by atoms with Gasteiger partial charge in [0.2, 0.25) is 0 Å². The zero-order valence-electron chi connectivity index (χ0n) is 15.1. The standard InChI is InChI=1S/C20H19N3O3S/c1-13-6-8-15(9-7-13)23-18(14-4-3-5-16(12-14)25-2)21-22-20(23)27-17-10-11-26-19(17)24/h3-9,12,17H,10-11H2,1-2H3/t17-/m0/s1. The number of rotatable bonds is 5. The second-order valence-corrected chi connectivity index (χ2v) is 7.44. The van der Waals surface area contributed by atoms with Crippen LogP contribution in [-0.4, -0.2) is 39.7 Å². The van der Waals surface area contributed by atoms with E-state index < -0.39 is 0 Å². The highest BCUT2D eigenvalue weighted by Crippen LogP contribution is 2.34. The molecule has 0 radical (unpaired) electrons. The van der Waals surface area contributed by atoms with Gasteiger partial charge in [-0.05, 0) is 31.2 Å². The molecule has 0 aliphatic carbocycles. The molecule has 1 aliphatic rings. The van der Waals surface area contributed by atoms with Gasteiger partial charge in [-0.2, -0.15) is 0 Å². The zero-order chi connectivity index (χ0) is 18.8. The summed E-state index contributed by atoms with van der Waals surface area (Å²) < 4.78 is 12.4. The van der Waals surface area contributed by atoms with E-state index in [1.807, 2.05) is 60.0 Å². The third-order valence-electron chi connectivity index (χ3n) is 4.39. The van der Waals surface area contributed by atoms with Crippen LogP contribution in [-0.2, 0) is 9.53 Å². The van der Waals surface area contributed by atoms with Gasteiger partial charge in [-0.3, -0.25) is 9.36 Å². The summed E-state index contributed by atoms with van der Waals surface area (Å²) in [5.74, 6) is 1.26. The van der Waals surface area contributed by atoms with Crippen molar-refractivity contribution in [1.29, 1.82) is 0 Å². The number of thioether (sulfide) groups is 1. The molecule has 0 unspecified atom stereocenters. The van der Waals surface area contributed by atoms with Gasteiger partial charge in [-0.15, -0.1) is 10.2 Å². The molecule has 1 aromatic heterocycles. The lowest BCUT2D eigenvalue weighted by molar-refractivity contribution is -0.137. The molecular weight excluding hydrogens is 362 g/mol. The maximum atomic E-state index is 11.9. The first-order valence-electron chi connectivity index (χ1n) is 8.66. The fraction of sp³-hybridized carbons (Fsp3) is 0.250. The highest BCUT2D eigenvalue weighted by atomic mass is 32.2. The number of ether oxygens (including phenoxy) is 2. The minimum absolute atomic E-state index is 0.193. The smallest absolute Gasteiger partial charge is 0.319 e. The van der Waals surface area contributed by atoms with Crippen molar-refractivity contribution in [1.82, 2.24) is 14.8 Å². The van der Waals surface area contributed by atoms with E-state index >= 15 is 0 Å². The third-order valence-corrected chi connectivity index (χ3v) is 5.58. The molecule has 6 nitrogen and oxygen atoms in total. The lowest BCUT2D eigenvalue weighted by atomic mass is 10.2. The van der Waals surface area contributed by atoms with Gasteiger partial charge in [0, 0.05) is 17.7 Å². The van der Waals surface area contributed by atoms with E-state index in [1.165, 1.54) is 17.3 Å². The van der Waals surface area contributed by atoms with Crippen molar-refractivity contribution in [2.24, 2.45) is 0 Å². The number of methoxy groups -OCH3 is 1. The Morgan fingerprint density at radius 1 is 1.19 bits per heavy atom. The van der Waals surface area contributed by atoms with Crippen LogP contribution >= 0.6 is 11.8 Å². The summed E-state index contributed by atoms with van der Waals surface area (Å²) in [6.45, 7) is 2.50. The summed E-state index contributed by atoms with van der Waals surface area (Å²) in [7, 11) is 1.64. The van der Waals surface area contributed by atoms with Gasteiger partial charge >= 0.3 is 5.97 Å². The van der Waals surface area contributed by atoms with E-state index in [9.17, 15) is 4.79 Å². The van der Waals surface area contributed by atoms with Crippen LogP contribution in [0.1, 0.15) is 12.0 Å². The van der Waals surface area contributed by atoms with Gasteiger partial charge < -0.3 is 9.47 Å². The van der Waals surface area contributed by atoms with E-state index in [4.69, 9.17) is 9.47 Å². The predicted octanol–water partition coefficient (Wildman–Crippen LogP) is 3.66. The summed E-state index contributed by atoms with van der Waals surface area (Å²) in [6.07, 6.45) is 0.679. The maximum Gasteiger partial charge on any atom is 0.319 e. The van der Waals surface area contributed by atoms with Crippen molar-refractivity contribution < 1.29 is 14.3 Å². The average Bonchev–Trinajstić information content (AvgIpc) is 3.29. The Bertz CT molecular complexity index is 969. The molecule has 0 bridgehead atoms. The third kappa shape index (κ3) is 3.55. The fourth-order valence-electron chi connectivity index (χ4n) is 2.93. The molecule has 3 aromatic rings. The SMILES string of the molecule is COc1cccc(-c2nnc(S[C@H]3CCOC3=O)n2-c2ccc(C)cc2)c1. The molecule has 0 spiro atoms. The molecule has 138 valence electrons. The summed E-state index contributed by atoms with van der Waals surface area (Å²) >= 11 is 1.39. The average molecular weight is 381 g/mol. The van der Waals surface area contributed by atoms with Crippen LogP contribution in [0.15, 0.2) is 53.7 Å². The molecule has 0 saturated carbocycles. The highest BCUT2D eigenvalue weighted by molar-refractivity contribution is 8.00. The highest BCUT2D eigenvalue weighted by Gasteiger charge is 2.30. The van der Waals surface area contributed by atoms with Crippen molar-refractivity contribution in [3.8, 4) is 22.8 Å². The number of aromatic nitrogens is 3. The molecule has 1 saturated heterocycles. The normalized spacial score (nSPS) is 16.4. The number of hydrogen-bond donors (Lipinski definition) is 0. The second-order valence-electron chi connectivity index (χ2n) is 6.27. The van der Waals surface area contributed by atoms with Crippen LogP contribution in [0.2, 0.25) is 0 Å². The number of hydrogen-bond acceptors (Lipinski definition) is 6. The van der Waals surface area contributed by atoms with Crippen LogP contribution < -0.4 is 4.74 Å². The minimum atomic E-state index is -0.253. The lowest BCUT2D eigenvalue weighted by Gasteiger charge is -2.12. The van der Waals surface area contributed by atoms with Crippen LogP contribution in [0.4, 0.5) is 0 Å². The second kappa shape index (κ2) is 7.44. The topological polar surface area (TPSA) is 66.2 Å². The molecule has 1 aliphatic heterocycles. The van der Waals surface area contributed by atoms with E-state index in [2.05, 4.69) is 10.2 Å². The molecule has 2 aromatic carbocycles. The minimum Gasteiger partial charge on any atom is -0.497 e. The summed E-state index contributed by atoms with van der Waals surface area (Å²) in [5, 5.41) is 9.20. The number of carbonyl (C=O) groups excluding carboxylic acids is 1. The molecule has 1 atom stereocenters. The first-order chi connectivity index (χ1) is 13.2. The van der Waals surface area contributed by atoms with E-state index in [0.717, 1.165) is 17.0 Å². The Hall–Kier alpha value is -2.80. The van der Waals surface area contributed by atoms with E-state index in [1.54, 1.807) is 7.11 Å². The quantitative estimate of drug-likeness (QED) is 0.629. The molecule has 4 rings (SSSR count). The Labute approximate surface area is 161 Å². The molecule has 27 heavy (non-hydrogen) atoms. The molecule has 7 heteroatoms. The van der Waals surface area contributed by atoms with Gasteiger partial charge in [0.05, 0.1) is 13.7 Å². The number of carbonyl (C=O) groups is 1. The number of cyclic esters (lactones) is 1. The van der Waals surface area contributed by atoms with Crippen molar-refractivity contribution in [3.63, 3.8) is 0 Å². The zero-order valence-corrected chi connectivity index (χ0v) is 15.9. The molecule has 2 heterocycles. The molecular formula is C20H19N3O3S. The van der Waals surface area contributed by atoms with Crippen LogP contribution in [0.25, 0.3) is 17.1 Å². The van der Waals surface area contributed by atoms with Crippen LogP contribution in [0.3, 0.4) is 0 Å². The molecule has 0 N–H and O–H groups in total. The lowest BCUT2D eigenvalue weighted by Crippen LogP contribution is -2.11. The first-order valence-corrected chi connectivity index (χ1v) is 9.54. The molecule has 0 amide bonds. The summed E-state index contributed by atoms with van der Waals surface area (Å²) in [5.41, 5.74) is 3.00. The van der Waals surface area contributed by atoms with Gasteiger partial charge in [-0.1, -0.05) is 41.6 Å². The monoisotopic (exact) mass is 381 g/mol. The van der Waals surface area contributed by atoms with Crippen molar-refractivity contribution in [3.05, 3.63) is 54.1 Å². The predicted molar refractivity (Wildman–Crippen MR) is 103 cm³/mol. The van der Waals surface area contributed by atoms with Crippen molar-refractivity contribution in [2.75, 3.05) is 13.7 Å². The Balaban J connectivity index is 1.81. The summed E-state index contributed by atoms with van der Waals surface area (Å²) in [4.78, 5) is 11.9. The number of nitrogens with zero attached hydrogens (tertiary/aromatic N) is 3. The van der Waals surface area contributed by atoms with Gasteiger partial charge in [0.15, 0.2) is 11.0 Å². The van der Waals surface area contributed by atoms with Crippen molar-refractivity contribution in [2.45, 2.75) is 23.8 Å².